The van der Waals surface area contributed by atoms with Crippen molar-refractivity contribution in [3.63, 3.8) is 0 Å². The zero-order valence-corrected chi connectivity index (χ0v) is 19.3. The highest BCUT2D eigenvalue weighted by Crippen LogP contribution is 2.39. The van der Waals surface area contributed by atoms with E-state index >= 15 is 0 Å². The van der Waals surface area contributed by atoms with Crippen LogP contribution in [0.5, 0.6) is 0 Å². The van der Waals surface area contributed by atoms with E-state index < -0.39 is 0 Å². The molecule has 0 aliphatic carbocycles. The molecule has 1 aliphatic rings. The van der Waals surface area contributed by atoms with Crippen molar-refractivity contribution in [2.45, 2.75) is 16.8 Å². The third-order valence-electron chi connectivity index (χ3n) is 5.05. The highest BCUT2D eigenvalue weighted by molar-refractivity contribution is 8.00. The summed E-state index contributed by atoms with van der Waals surface area (Å²) in [6.07, 6.45) is 1.98. The molecule has 0 saturated carbocycles. The number of hydrogen-bond donors (Lipinski definition) is 1. The second-order valence-corrected chi connectivity index (χ2v) is 9.44. The quantitative estimate of drug-likeness (QED) is 0.445. The fraction of sp³-hybridized carbons (Fsp3) is 0.167. The minimum Gasteiger partial charge on any atom is -0.322 e. The molecule has 1 N–H and O–H groups in total. The number of carbonyl (C=O) groups excluding carboxylic acids is 2. The maximum atomic E-state index is 12.7. The Morgan fingerprint density at radius 3 is 2.52 bits per heavy atom. The standard InChI is InChI=1S/C24H21ClN2O2S2/c1-30-21-5-3-2-4-20(21)26-23(29)17-8-10-18(11-9-17)24-27(22(28)15-31-24)14-16-6-12-19(25)13-7-16/h2-13,24H,14-15H2,1H3,(H,26,29)/t24-/m0/s1. The minimum absolute atomic E-state index is 0.0718. The molecule has 3 aromatic rings. The van der Waals surface area contributed by atoms with Gasteiger partial charge >= 0.3 is 0 Å². The van der Waals surface area contributed by atoms with Gasteiger partial charge in [0.25, 0.3) is 5.91 Å². The Bertz CT molecular complexity index is 1090. The molecule has 7 heteroatoms. The second-order valence-electron chi connectivity index (χ2n) is 7.09. The number of benzene rings is 3. The number of nitrogens with zero attached hydrogens (tertiary/aromatic N) is 1. The summed E-state index contributed by atoms with van der Waals surface area (Å²) < 4.78 is 0. The molecule has 31 heavy (non-hydrogen) atoms. The van der Waals surface area contributed by atoms with E-state index in [1.165, 1.54) is 0 Å². The van der Waals surface area contributed by atoms with Gasteiger partial charge in [-0.15, -0.1) is 23.5 Å². The summed E-state index contributed by atoms with van der Waals surface area (Å²) in [5.41, 5.74) is 3.42. The Kier molecular flexibility index (Phi) is 6.90. The first-order chi connectivity index (χ1) is 15.0. The van der Waals surface area contributed by atoms with Gasteiger partial charge in [-0.3, -0.25) is 9.59 Å². The van der Waals surface area contributed by atoms with Crippen LogP contribution in [0, 0.1) is 0 Å². The summed E-state index contributed by atoms with van der Waals surface area (Å²) in [7, 11) is 0. The number of para-hydroxylation sites is 1. The molecule has 0 radical (unpaired) electrons. The number of anilines is 1. The average Bonchev–Trinajstić information content (AvgIpc) is 3.16. The van der Waals surface area contributed by atoms with Crippen LogP contribution < -0.4 is 5.32 Å². The summed E-state index contributed by atoms with van der Waals surface area (Å²) in [6, 6.07) is 22.8. The van der Waals surface area contributed by atoms with Gasteiger partial charge in [-0.2, -0.15) is 0 Å². The molecule has 1 heterocycles. The molecule has 1 atom stereocenters. The lowest BCUT2D eigenvalue weighted by Crippen LogP contribution is -2.27. The van der Waals surface area contributed by atoms with Gasteiger partial charge in [-0.05, 0) is 53.8 Å². The molecule has 158 valence electrons. The van der Waals surface area contributed by atoms with E-state index in [2.05, 4.69) is 5.32 Å². The van der Waals surface area contributed by atoms with Crippen molar-refractivity contribution in [3.8, 4) is 0 Å². The van der Waals surface area contributed by atoms with Crippen molar-refractivity contribution in [1.82, 2.24) is 4.90 Å². The van der Waals surface area contributed by atoms with Crippen LogP contribution in [-0.4, -0.2) is 28.7 Å². The molecule has 0 aromatic heterocycles. The lowest BCUT2D eigenvalue weighted by molar-refractivity contribution is -0.128. The lowest BCUT2D eigenvalue weighted by atomic mass is 10.1. The second kappa shape index (κ2) is 9.81. The maximum Gasteiger partial charge on any atom is 0.255 e. The van der Waals surface area contributed by atoms with Crippen LogP contribution >= 0.6 is 35.1 Å². The number of hydrogen-bond acceptors (Lipinski definition) is 4. The van der Waals surface area contributed by atoms with Gasteiger partial charge < -0.3 is 10.2 Å². The van der Waals surface area contributed by atoms with E-state index in [1.54, 1.807) is 23.5 Å². The first-order valence-electron chi connectivity index (χ1n) is 9.75. The van der Waals surface area contributed by atoms with Crippen molar-refractivity contribution in [1.29, 1.82) is 0 Å². The number of nitrogens with one attached hydrogen (secondary N) is 1. The van der Waals surface area contributed by atoms with Crippen LogP contribution in [-0.2, 0) is 11.3 Å². The molecule has 4 rings (SSSR count). The van der Waals surface area contributed by atoms with Crippen molar-refractivity contribution < 1.29 is 9.59 Å². The molecule has 0 bridgehead atoms. The third-order valence-corrected chi connectivity index (χ3v) is 7.35. The van der Waals surface area contributed by atoms with Gasteiger partial charge in [-0.1, -0.05) is 48.0 Å². The average molecular weight is 469 g/mol. The van der Waals surface area contributed by atoms with Crippen LogP contribution in [0.2, 0.25) is 5.02 Å². The zero-order valence-electron chi connectivity index (χ0n) is 16.9. The van der Waals surface area contributed by atoms with E-state index in [0.717, 1.165) is 21.7 Å². The van der Waals surface area contributed by atoms with Crippen LogP contribution in [0.3, 0.4) is 0 Å². The van der Waals surface area contributed by atoms with Crippen molar-refractivity contribution in [2.24, 2.45) is 0 Å². The summed E-state index contributed by atoms with van der Waals surface area (Å²) in [5, 5.41) is 3.59. The Balaban J connectivity index is 1.48. The van der Waals surface area contributed by atoms with E-state index in [4.69, 9.17) is 11.6 Å². The van der Waals surface area contributed by atoms with Crippen LogP contribution in [0.15, 0.2) is 77.7 Å². The van der Waals surface area contributed by atoms with Crippen LogP contribution in [0.25, 0.3) is 0 Å². The highest BCUT2D eigenvalue weighted by Gasteiger charge is 2.32. The number of carbonyl (C=O) groups is 2. The molecular formula is C24H21ClN2O2S2. The maximum absolute atomic E-state index is 12.7. The summed E-state index contributed by atoms with van der Waals surface area (Å²) in [6.45, 7) is 0.529. The molecule has 1 fully saturated rings. The Labute approximate surface area is 195 Å². The molecule has 0 unspecified atom stereocenters. The van der Waals surface area contributed by atoms with E-state index in [1.807, 2.05) is 84.0 Å². The Hall–Kier alpha value is -2.41. The summed E-state index contributed by atoms with van der Waals surface area (Å²) in [5.74, 6) is 0.410. The van der Waals surface area contributed by atoms with Crippen LogP contribution in [0.1, 0.15) is 26.9 Å². The van der Waals surface area contributed by atoms with Gasteiger partial charge in [0.05, 0.1) is 11.4 Å². The summed E-state index contributed by atoms with van der Waals surface area (Å²) >= 11 is 9.17. The van der Waals surface area contributed by atoms with Crippen LogP contribution in [0.4, 0.5) is 5.69 Å². The highest BCUT2D eigenvalue weighted by atomic mass is 35.5. The zero-order chi connectivity index (χ0) is 21.8. The molecule has 1 aliphatic heterocycles. The number of rotatable bonds is 6. The number of thioether (sulfide) groups is 2. The molecular weight excluding hydrogens is 448 g/mol. The monoisotopic (exact) mass is 468 g/mol. The largest absolute Gasteiger partial charge is 0.322 e. The predicted octanol–water partition coefficient (Wildman–Crippen LogP) is 6.09. The minimum atomic E-state index is -0.152. The molecule has 0 spiro atoms. The lowest BCUT2D eigenvalue weighted by Gasteiger charge is -2.24. The van der Waals surface area contributed by atoms with Crippen molar-refractivity contribution in [3.05, 3.63) is 94.5 Å². The van der Waals surface area contributed by atoms with E-state index in [0.29, 0.717) is 22.9 Å². The van der Waals surface area contributed by atoms with E-state index in [9.17, 15) is 9.59 Å². The topological polar surface area (TPSA) is 49.4 Å². The van der Waals surface area contributed by atoms with Crippen molar-refractivity contribution in [2.75, 3.05) is 17.3 Å². The van der Waals surface area contributed by atoms with E-state index in [-0.39, 0.29) is 17.2 Å². The van der Waals surface area contributed by atoms with Gasteiger partial charge in [0.2, 0.25) is 5.91 Å². The number of halogens is 1. The molecule has 1 saturated heterocycles. The summed E-state index contributed by atoms with van der Waals surface area (Å²) in [4.78, 5) is 28.1. The van der Waals surface area contributed by atoms with Gasteiger partial charge in [-0.25, -0.2) is 0 Å². The normalized spacial score (nSPS) is 15.9. The van der Waals surface area contributed by atoms with Crippen molar-refractivity contribution >= 4 is 52.6 Å². The fourth-order valence-corrected chi connectivity index (χ4v) is 5.30. The smallest absolute Gasteiger partial charge is 0.255 e. The predicted molar refractivity (Wildman–Crippen MR) is 130 cm³/mol. The molecule has 2 amide bonds. The first kappa shape index (κ1) is 21.8. The van der Waals surface area contributed by atoms with Gasteiger partial charge in [0.15, 0.2) is 0 Å². The fourth-order valence-electron chi connectivity index (χ4n) is 3.43. The first-order valence-corrected chi connectivity index (χ1v) is 12.4. The van der Waals surface area contributed by atoms with Gasteiger partial charge in [0, 0.05) is 22.0 Å². The van der Waals surface area contributed by atoms with Gasteiger partial charge in [0.1, 0.15) is 5.37 Å². The SMILES string of the molecule is CSc1ccccc1NC(=O)c1ccc([C@@H]2SCC(=O)N2Cc2ccc(Cl)cc2)cc1. The third kappa shape index (κ3) is 5.09. The molecule has 3 aromatic carbocycles. The Morgan fingerprint density at radius 1 is 1.10 bits per heavy atom. The Morgan fingerprint density at radius 2 is 1.81 bits per heavy atom. The molecule has 4 nitrogen and oxygen atoms in total. The number of amides is 2.